The minimum Gasteiger partial charge on any atom is -0.377 e. The molecule has 86 valence electrons. The maximum atomic E-state index is 12.0. The fraction of sp³-hybridized carbons (Fsp3) is 0.357. The third-order valence-corrected chi connectivity index (χ3v) is 2.43. The molecule has 0 N–H and O–H groups in total. The number of rotatable bonds is 5. The summed E-state index contributed by atoms with van der Waals surface area (Å²) < 4.78 is 5.18. The van der Waals surface area contributed by atoms with Crippen molar-refractivity contribution in [3.05, 3.63) is 47.0 Å². The summed E-state index contributed by atoms with van der Waals surface area (Å²) in [5.41, 5.74) is 3.37. The van der Waals surface area contributed by atoms with Gasteiger partial charge in [0.15, 0.2) is 5.78 Å². The Balaban J connectivity index is 2.84. The standard InChI is InChI=1S/C14H18O2/c1-5-16-9-12(4)14(15)13-7-6-10(2)8-11(13)3/h6-8H,4-5,9H2,1-3H3. The molecule has 16 heavy (non-hydrogen) atoms. The van der Waals surface area contributed by atoms with Crippen LogP contribution < -0.4 is 0 Å². The van der Waals surface area contributed by atoms with Gasteiger partial charge in [0, 0.05) is 17.7 Å². The van der Waals surface area contributed by atoms with Gasteiger partial charge in [0.05, 0.1) is 6.61 Å². The molecule has 0 aliphatic carbocycles. The van der Waals surface area contributed by atoms with Gasteiger partial charge in [-0.2, -0.15) is 0 Å². The van der Waals surface area contributed by atoms with Crippen LogP contribution in [-0.4, -0.2) is 19.0 Å². The van der Waals surface area contributed by atoms with Crippen LogP contribution in [0.25, 0.3) is 0 Å². The van der Waals surface area contributed by atoms with Crippen molar-refractivity contribution in [3.8, 4) is 0 Å². The molecule has 1 aromatic rings. The highest BCUT2D eigenvalue weighted by Crippen LogP contribution is 2.14. The van der Waals surface area contributed by atoms with Crippen molar-refractivity contribution < 1.29 is 9.53 Å². The Labute approximate surface area is 96.9 Å². The van der Waals surface area contributed by atoms with E-state index in [1.807, 2.05) is 39.0 Å². The number of aryl methyl sites for hydroxylation is 2. The van der Waals surface area contributed by atoms with Crippen molar-refractivity contribution in [3.63, 3.8) is 0 Å². The maximum Gasteiger partial charge on any atom is 0.191 e. The number of benzene rings is 1. The van der Waals surface area contributed by atoms with E-state index in [9.17, 15) is 4.79 Å². The van der Waals surface area contributed by atoms with Crippen LogP contribution in [0, 0.1) is 13.8 Å². The van der Waals surface area contributed by atoms with Crippen molar-refractivity contribution in [2.75, 3.05) is 13.2 Å². The molecule has 0 saturated carbocycles. The van der Waals surface area contributed by atoms with Crippen LogP contribution >= 0.6 is 0 Å². The lowest BCUT2D eigenvalue weighted by Crippen LogP contribution is -2.10. The molecular weight excluding hydrogens is 200 g/mol. The van der Waals surface area contributed by atoms with Crippen molar-refractivity contribution in [1.29, 1.82) is 0 Å². The van der Waals surface area contributed by atoms with Crippen LogP contribution in [0.5, 0.6) is 0 Å². The van der Waals surface area contributed by atoms with Crippen LogP contribution in [0.15, 0.2) is 30.4 Å². The summed E-state index contributed by atoms with van der Waals surface area (Å²) in [7, 11) is 0. The van der Waals surface area contributed by atoms with Crippen LogP contribution in [0.4, 0.5) is 0 Å². The van der Waals surface area contributed by atoms with Crippen molar-refractivity contribution in [2.24, 2.45) is 0 Å². The molecule has 0 bridgehead atoms. The molecule has 0 radical (unpaired) electrons. The highest BCUT2D eigenvalue weighted by Gasteiger charge is 2.12. The molecule has 0 aliphatic heterocycles. The van der Waals surface area contributed by atoms with Crippen LogP contribution in [0.3, 0.4) is 0 Å². The fourth-order valence-electron chi connectivity index (χ4n) is 1.55. The van der Waals surface area contributed by atoms with Crippen LogP contribution in [-0.2, 0) is 4.74 Å². The summed E-state index contributed by atoms with van der Waals surface area (Å²) in [6, 6.07) is 5.79. The Morgan fingerprint density at radius 2 is 2.06 bits per heavy atom. The molecule has 2 nitrogen and oxygen atoms in total. The first kappa shape index (κ1) is 12.7. The molecule has 0 saturated heterocycles. The van der Waals surface area contributed by atoms with Crippen LogP contribution in [0.2, 0.25) is 0 Å². The van der Waals surface area contributed by atoms with E-state index in [-0.39, 0.29) is 5.78 Å². The van der Waals surface area contributed by atoms with E-state index >= 15 is 0 Å². The molecule has 1 rings (SSSR count). The Bertz CT molecular complexity index is 405. The summed E-state index contributed by atoms with van der Waals surface area (Å²) in [6.45, 7) is 10.5. The lowest BCUT2D eigenvalue weighted by atomic mass is 9.99. The highest BCUT2D eigenvalue weighted by molar-refractivity contribution is 6.09. The number of ketones is 1. The minimum atomic E-state index is -0.0223. The monoisotopic (exact) mass is 218 g/mol. The zero-order valence-electron chi connectivity index (χ0n) is 10.2. The summed E-state index contributed by atoms with van der Waals surface area (Å²) >= 11 is 0. The molecule has 0 aliphatic rings. The second-order valence-electron chi connectivity index (χ2n) is 3.89. The molecule has 1 aromatic carbocycles. The topological polar surface area (TPSA) is 26.3 Å². The Hall–Kier alpha value is -1.41. The van der Waals surface area contributed by atoms with E-state index in [0.717, 1.165) is 16.7 Å². The number of carbonyl (C=O) groups excluding carboxylic acids is 1. The molecule has 0 unspecified atom stereocenters. The van der Waals surface area contributed by atoms with Gasteiger partial charge in [0.2, 0.25) is 0 Å². The average molecular weight is 218 g/mol. The average Bonchev–Trinajstić information content (AvgIpc) is 2.25. The van der Waals surface area contributed by atoms with E-state index in [1.54, 1.807) is 0 Å². The van der Waals surface area contributed by atoms with Gasteiger partial charge in [-0.3, -0.25) is 4.79 Å². The summed E-state index contributed by atoms with van der Waals surface area (Å²) in [5.74, 6) is -0.0223. The van der Waals surface area contributed by atoms with Gasteiger partial charge in [-0.05, 0) is 26.3 Å². The molecule has 0 heterocycles. The first-order chi connectivity index (χ1) is 7.56. The Morgan fingerprint density at radius 3 is 2.62 bits per heavy atom. The van der Waals surface area contributed by atoms with E-state index in [0.29, 0.717) is 18.8 Å². The highest BCUT2D eigenvalue weighted by atomic mass is 16.5. The van der Waals surface area contributed by atoms with Gasteiger partial charge < -0.3 is 4.74 Å². The predicted molar refractivity (Wildman–Crippen MR) is 65.9 cm³/mol. The smallest absolute Gasteiger partial charge is 0.191 e. The van der Waals surface area contributed by atoms with E-state index < -0.39 is 0 Å². The van der Waals surface area contributed by atoms with E-state index in [1.165, 1.54) is 0 Å². The lowest BCUT2D eigenvalue weighted by molar-refractivity contribution is 0.0991. The normalized spacial score (nSPS) is 10.2. The second kappa shape index (κ2) is 5.61. The second-order valence-corrected chi connectivity index (χ2v) is 3.89. The largest absolute Gasteiger partial charge is 0.377 e. The van der Waals surface area contributed by atoms with Gasteiger partial charge in [-0.25, -0.2) is 0 Å². The van der Waals surface area contributed by atoms with Gasteiger partial charge in [-0.15, -0.1) is 0 Å². The quantitative estimate of drug-likeness (QED) is 0.561. The maximum absolute atomic E-state index is 12.0. The Kier molecular flexibility index (Phi) is 4.44. The number of carbonyl (C=O) groups is 1. The summed E-state index contributed by atoms with van der Waals surface area (Å²) in [6.07, 6.45) is 0. The Morgan fingerprint density at radius 1 is 1.38 bits per heavy atom. The number of hydrogen-bond acceptors (Lipinski definition) is 2. The molecular formula is C14H18O2. The van der Waals surface area contributed by atoms with Crippen LogP contribution in [0.1, 0.15) is 28.4 Å². The van der Waals surface area contributed by atoms with Gasteiger partial charge >= 0.3 is 0 Å². The molecule has 0 atom stereocenters. The minimum absolute atomic E-state index is 0.0223. The molecule has 0 aromatic heterocycles. The van der Waals surface area contributed by atoms with Crippen molar-refractivity contribution in [1.82, 2.24) is 0 Å². The lowest BCUT2D eigenvalue weighted by Gasteiger charge is -2.08. The van der Waals surface area contributed by atoms with Gasteiger partial charge in [0.25, 0.3) is 0 Å². The van der Waals surface area contributed by atoms with Gasteiger partial charge in [-0.1, -0.05) is 30.3 Å². The zero-order chi connectivity index (χ0) is 12.1. The zero-order valence-corrected chi connectivity index (χ0v) is 10.2. The third-order valence-electron chi connectivity index (χ3n) is 2.43. The summed E-state index contributed by atoms with van der Waals surface area (Å²) in [4.78, 5) is 12.0. The third kappa shape index (κ3) is 3.04. The van der Waals surface area contributed by atoms with E-state index in [4.69, 9.17) is 4.74 Å². The molecule has 2 heteroatoms. The SMILES string of the molecule is C=C(COCC)C(=O)c1ccc(C)cc1C. The number of Topliss-reactive ketones (excluding diaryl/α,β-unsaturated/α-hetero) is 1. The van der Waals surface area contributed by atoms with Gasteiger partial charge in [0.1, 0.15) is 0 Å². The molecule has 0 amide bonds. The first-order valence-corrected chi connectivity index (χ1v) is 5.43. The predicted octanol–water partition coefficient (Wildman–Crippen LogP) is 3.08. The number of hydrogen-bond donors (Lipinski definition) is 0. The first-order valence-electron chi connectivity index (χ1n) is 5.43. The van der Waals surface area contributed by atoms with Crippen molar-refractivity contribution in [2.45, 2.75) is 20.8 Å². The number of ether oxygens (including phenoxy) is 1. The van der Waals surface area contributed by atoms with Crippen molar-refractivity contribution >= 4 is 5.78 Å². The summed E-state index contributed by atoms with van der Waals surface area (Å²) in [5, 5.41) is 0. The molecule has 0 spiro atoms. The van der Waals surface area contributed by atoms with E-state index in [2.05, 4.69) is 6.58 Å². The molecule has 0 fully saturated rings. The fourth-order valence-corrected chi connectivity index (χ4v) is 1.55.